The second-order valence-corrected chi connectivity index (χ2v) is 8.69. The van der Waals surface area contributed by atoms with Crippen LogP contribution in [0, 0.1) is 0 Å². The van der Waals surface area contributed by atoms with Gasteiger partial charge in [0.1, 0.15) is 11.3 Å². The third kappa shape index (κ3) is 4.14. The third-order valence-corrected chi connectivity index (χ3v) is 6.51. The molecule has 1 saturated heterocycles. The van der Waals surface area contributed by atoms with Crippen molar-refractivity contribution in [3.8, 4) is 11.1 Å². The van der Waals surface area contributed by atoms with Crippen molar-refractivity contribution in [3.05, 3.63) is 48.3 Å². The Morgan fingerprint density at radius 2 is 1.76 bits per heavy atom. The zero-order chi connectivity index (χ0) is 20.6. The van der Waals surface area contributed by atoms with Gasteiger partial charge in [-0.3, -0.25) is 0 Å². The Kier molecular flexibility index (Phi) is 5.09. The number of sulfonamides is 1. The van der Waals surface area contributed by atoms with Crippen LogP contribution in [-0.2, 0) is 16.2 Å². The Hall–Kier alpha value is -2.43. The molecule has 154 valence electrons. The third-order valence-electron chi connectivity index (χ3n) is 4.97. The van der Waals surface area contributed by atoms with Crippen LogP contribution in [0.2, 0.25) is 0 Å². The van der Waals surface area contributed by atoms with Crippen LogP contribution in [0.5, 0.6) is 0 Å². The van der Waals surface area contributed by atoms with E-state index >= 15 is 0 Å². The summed E-state index contributed by atoms with van der Waals surface area (Å²) in [5.74, 6) is 0. The van der Waals surface area contributed by atoms with Crippen molar-refractivity contribution in [2.45, 2.75) is 30.0 Å². The highest BCUT2D eigenvalue weighted by molar-refractivity contribution is 7.89. The van der Waals surface area contributed by atoms with E-state index in [4.69, 9.17) is 0 Å². The molecule has 3 N–H and O–H groups in total. The lowest BCUT2D eigenvalue weighted by Crippen LogP contribution is -2.42. The summed E-state index contributed by atoms with van der Waals surface area (Å²) in [4.78, 5) is 6.36. The molecule has 0 unspecified atom stereocenters. The number of rotatable bonds is 4. The highest BCUT2D eigenvalue weighted by atomic mass is 32.2. The maximum absolute atomic E-state index is 13.0. The van der Waals surface area contributed by atoms with Crippen molar-refractivity contribution in [1.82, 2.24) is 20.0 Å². The van der Waals surface area contributed by atoms with Crippen LogP contribution in [0.1, 0.15) is 18.5 Å². The van der Waals surface area contributed by atoms with Crippen LogP contribution < -0.4 is 10.0 Å². The fraction of sp³-hybridized carbons (Fsp3) is 0.316. The van der Waals surface area contributed by atoms with Gasteiger partial charge in [0, 0.05) is 17.6 Å². The van der Waals surface area contributed by atoms with Crippen LogP contribution in [0.3, 0.4) is 0 Å². The number of hydrogen-bond acceptors (Lipinski definition) is 4. The second kappa shape index (κ2) is 7.43. The zero-order valence-corrected chi connectivity index (χ0v) is 16.1. The SMILES string of the molecule is O=S(=O)(NC1CCNCC1)c1ccc(-c2ccnc3[nH]c(C(F)(F)F)cc23)cc1. The Morgan fingerprint density at radius 1 is 1.07 bits per heavy atom. The Labute approximate surface area is 165 Å². The molecular weight excluding hydrogens is 405 g/mol. The van der Waals surface area contributed by atoms with E-state index in [0.717, 1.165) is 32.0 Å². The minimum atomic E-state index is -4.50. The highest BCUT2D eigenvalue weighted by Gasteiger charge is 2.33. The number of halogens is 3. The molecule has 1 aliphatic rings. The van der Waals surface area contributed by atoms with Gasteiger partial charge < -0.3 is 10.3 Å². The van der Waals surface area contributed by atoms with Gasteiger partial charge in [0.05, 0.1) is 4.90 Å². The minimum Gasteiger partial charge on any atom is -0.336 e. The van der Waals surface area contributed by atoms with Gasteiger partial charge in [0.25, 0.3) is 0 Å². The van der Waals surface area contributed by atoms with Crippen LogP contribution in [0.4, 0.5) is 13.2 Å². The van der Waals surface area contributed by atoms with E-state index in [2.05, 4.69) is 20.0 Å². The molecule has 0 atom stereocenters. The molecule has 0 bridgehead atoms. The van der Waals surface area contributed by atoms with Gasteiger partial charge in [-0.25, -0.2) is 18.1 Å². The molecule has 0 aliphatic carbocycles. The van der Waals surface area contributed by atoms with Crippen molar-refractivity contribution in [3.63, 3.8) is 0 Å². The predicted molar refractivity (Wildman–Crippen MR) is 103 cm³/mol. The van der Waals surface area contributed by atoms with E-state index < -0.39 is 21.9 Å². The summed E-state index contributed by atoms with van der Waals surface area (Å²) in [6.45, 7) is 1.53. The van der Waals surface area contributed by atoms with E-state index in [9.17, 15) is 21.6 Å². The summed E-state index contributed by atoms with van der Waals surface area (Å²) in [6, 6.07) is 8.61. The molecule has 6 nitrogen and oxygen atoms in total. The fourth-order valence-corrected chi connectivity index (χ4v) is 4.78. The number of hydrogen-bond donors (Lipinski definition) is 3. The van der Waals surface area contributed by atoms with Crippen LogP contribution in [0.25, 0.3) is 22.2 Å². The van der Waals surface area contributed by atoms with Gasteiger partial charge in [-0.05, 0) is 61.3 Å². The van der Waals surface area contributed by atoms with Gasteiger partial charge in [-0.1, -0.05) is 12.1 Å². The number of pyridine rings is 1. The molecule has 0 saturated carbocycles. The molecule has 0 radical (unpaired) electrons. The average molecular weight is 424 g/mol. The fourth-order valence-electron chi connectivity index (χ4n) is 3.47. The molecule has 3 heterocycles. The number of aromatic amines is 1. The summed E-state index contributed by atoms with van der Waals surface area (Å²) < 4.78 is 66.9. The van der Waals surface area contributed by atoms with Crippen molar-refractivity contribution < 1.29 is 21.6 Å². The van der Waals surface area contributed by atoms with Crippen molar-refractivity contribution >= 4 is 21.1 Å². The van der Waals surface area contributed by atoms with Gasteiger partial charge >= 0.3 is 6.18 Å². The number of nitrogens with one attached hydrogen (secondary N) is 3. The standard InChI is InChI=1S/C19H19F3N4O2S/c20-19(21,22)17-11-16-15(7-10-24-18(16)25-17)12-1-3-14(4-2-12)29(27,28)26-13-5-8-23-9-6-13/h1-4,7,10-11,13,23,26H,5-6,8-9H2,(H,24,25). The largest absolute Gasteiger partial charge is 0.431 e. The maximum atomic E-state index is 13.0. The quantitative estimate of drug-likeness (QED) is 0.600. The smallest absolute Gasteiger partial charge is 0.336 e. The lowest BCUT2D eigenvalue weighted by molar-refractivity contribution is -0.140. The van der Waals surface area contributed by atoms with Crippen molar-refractivity contribution in [2.24, 2.45) is 0 Å². The van der Waals surface area contributed by atoms with Crippen LogP contribution in [0.15, 0.2) is 47.5 Å². The molecular formula is C19H19F3N4O2S. The number of piperidine rings is 1. The van der Waals surface area contributed by atoms with Gasteiger partial charge in [-0.15, -0.1) is 0 Å². The summed E-state index contributed by atoms with van der Waals surface area (Å²) >= 11 is 0. The summed E-state index contributed by atoms with van der Waals surface area (Å²) in [7, 11) is -3.66. The summed E-state index contributed by atoms with van der Waals surface area (Å²) in [5, 5.41) is 3.50. The maximum Gasteiger partial charge on any atom is 0.431 e. The molecule has 4 rings (SSSR count). The predicted octanol–water partition coefficient (Wildman–Crippen LogP) is 3.28. The molecule has 10 heteroatoms. The molecule has 0 spiro atoms. The number of benzene rings is 1. The van der Waals surface area contributed by atoms with Gasteiger partial charge in [-0.2, -0.15) is 13.2 Å². The van der Waals surface area contributed by atoms with E-state index in [-0.39, 0.29) is 16.6 Å². The summed E-state index contributed by atoms with van der Waals surface area (Å²) in [6.07, 6.45) is -1.64. The first kappa shape index (κ1) is 19.9. The van der Waals surface area contributed by atoms with Gasteiger partial charge in [0.15, 0.2) is 0 Å². The first-order chi connectivity index (χ1) is 13.7. The van der Waals surface area contributed by atoms with E-state index in [1.54, 1.807) is 18.2 Å². The molecule has 29 heavy (non-hydrogen) atoms. The number of fused-ring (bicyclic) bond motifs is 1. The average Bonchev–Trinajstić information content (AvgIpc) is 3.13. The Morgan fingerprint density at radius 3 is 2.41 bits per heavy atom. The molecule has 2 aromatic heterocycles. The minimum absolute atomic E-state index is 0.110. The lowest BCUT2D eigenvalue weighted by atomic mass is 10.0. The van der Waals surface area contributed by atoms with Crippen molar-refractivity contribution in [2.75, 3.05) is 13.1 Å². The lowest BCUT2D eigenvalue weighted by Gasteiger charge is -2.23. The van der Waals surface area contributed by atoms with E-state index in [1.807, 2.05) is 0 Å². The van der Waals surface area contributed by atoms with Gasteiger partial charge in [0.2, 0.25) is 10.0 Å². The Balaban J connectivity index is 1.63. The number of alkyl halides is 3. The first-order valence-electron chi connectivity index (χ1n) is 9.12. The van der Waals surface area contributed by atoms with E-state index in [0.29, 0.717) is 16.5 Å². The van der Waals surface area contributed by atoms with Crippen LogP contribution >= 0.6 is 0 Å². The zero-order valence-electron chi connectivity index (χ0n) is 15.3. The molecule has 0 amide bonds. The number of nitrogens with zero attached hydrogens (tertiary/aromatic N) is 1. The summed E-state index contributed by atoms with van der Waals surface area (Å²) in [5.41, 5.74) is 0.389. The second-order valence-electron chi connectivity index (χ2n) is 6.97. The number of H-pyrrole nitrogens is 1. The Bertz CT molecular complexity index is 1120. The number of aromatic nitrogens is 2. The molecule has 1 aliphatic heterocycles. The highest BCUT2D eigenvalue weighted by Crippen LogP contribution is 2.34. The van der Waals surface area contributed by atoms with Crippen LogP contribution in [-0.4, -0.2) is 37.5 Å². The molecule has 1 fully saturated rings. The normalized spacial score (nSPS) is 16.4. The van der Waals surface area contributed by atoms with Crippen molar-refractivity contribution in [1.29, 1.82) is 0 Å². The topological polar surface area (TPSA) is 86.9 Å². The monoisotopic (exact) mass is 424 g/mol. The molecule has 1 aromatic carbocycles. The molecule has 3 aromatic rings. The first-order valence-corrected chi connectivity index (χ1v) is 10.6. The van der Waals surface area contributed by atoms with E-state index in [1.165, 1.54) is 18.3 Å².